The van der Waals surface area contributed by atoms with E-state index in [4.69, 9.17) is 5.26 Å². The fourth-order valence-electron chi connectivity index (χ4n) is 1.55. The zero-order valence-corrected chi connectivity index (χ0v) is 9.90. The van der Waals surface area contributed by atoms with Crippen LogP contribution >= 0.6 is 0 Å². The van der Waals surface area contributed by atoms with Gasteiger partial charge in [-0.3, -0.25) is 4.79 Å². The van der Waals surface area contributed by atoms with Crippen LogP contribution < -0.4 is 0 Å². The van der Waals surface area contributed by atoms with Crippen LogP contribution in [0.1, 0.15) is 22.8 Å². The molecule has 0 aromatic heterocycles. The third-order valence-electron chi connectivity index (χ3n) is 2.49. The summed E-state index contributed by atoms with van der Waals surface area (Å²) in [5.41, 5.74) is 1.67. The number of hydrogen-bond acceptors (Lipinski definition) is 2. The molecule has 0 aliphatic rings. The molecule has 1 amide bonds. The van der Waals surface area contributed by atoms with E-state index in [0.717, 1.165) is 5.56 Å². The van der Waals surface area contributed by atoms with Crippen molar-refractivity contribution in [2.45, 2.75) is 13.8 Å². The second-order valence-electron chi connectivity index (χ2n) is 4.03. The van der Waals surface area contributed by atoms with E-state index in [2.05, 4.69) is 6.07 Å². The van der Waals surface area contributed by atoms with Gasteiger partial charge >= 0.3 is 0 Å². The van der Waals surface area contributed by atoms with Crippen molar-refractivity contribution in [2.24, 2.45) is 5.92 Å². The summed E-state index contributed by atoms with van der Waals surface area (Å²) in [4.78, 5) is 13.6. The molecule has 1 unspecified atom stereocenters. The average molecular weight is 216 g/mol. The molecule has 1 aromatic rings. The largest absolute Gasteiger partial charge is 0.340 e. The Kier molecular flexibility index (Phi) is 4.07. The lowest BCUT2D eigenvalue weighted by Gasteiger charge is -2.19. The van der Waals surface area contributed by atoms with Crippen LogP contribution in [0.3, 0.4) is 0 Å². The van der Waals surface area contributed by atoms with Crippen molar-refractivity contribution in [2.75, 3.05) is 13.6 Å². The lowest BCUT2D eigenvalue weighted by atomic mass is 10.1. The quantitative estimate of drug-likeness (QED) is 0.777. The number of nitrogens with zero attached hydrogens (tertiary/aromatic N) is 2. The molecule has 0 saturated heterocycles. The average Bonchev–Trinajstić information content (AvgIpc) is 2.28. The first-order valence-corrected chi connectivity index (χ1v) is 5.27. The van der Waals surface area contributed by atoms with Gasteiger partial charge < -0.3 is 4.90 Å². The number of rotatable bonds is 3. The van der Waals surface area contributed by atoms with Gasteiger partial charge in [-0.1, -0.05) is 18.2 Å². The maximum atomic E-state index is 12.0. The first-order valence-electron chi connectivity index (χ1n) is 5.27. The van der Waals surface area contributed by atoms with Gasteiger partial charge in [0.2, 0.25) is 0 Å². The summed E-state index contributed by atoms with van der Waals surface area (Å²) < 4.78 is 0. The maximum absolute atomic E-state index is 12.0. The number of hydrogen-bond donors (Lipinski definition) is 0. The predicted octanol–water partition coefficient (Wildman–Crippen LogP) is 2.23. The standard InChI is InChI=1S/C13H16N2O/c1-10(8-14)9-15(3)13(16)12-7-5-4-6-11(12)2/h4-7,10H,9H2,1-3H3. The lowest BCUT2D eigenvalue weighted by molar-refractivity contribution is 0.0784. The molecule has 3 nitrogen and oxygen atoms in total. The van der Waals surface area contributed by atoms with E-state index in [0.29, 0.717) is 12.1 Å². The monoisotopic (exact) mass is 216 g/mol. The Morgan fingerprint density at radius 1 is 1.50 bits per heavy atom. The normalized spacial score (nSPS) is 11.6. The summed E-state index contributed by atoms with van der Waals surface area (Å²) in [6, 6.07) is 9.60. The summed E-state index contributed by atoms with van der Waals surface area (Å²) in [5, 5.41) is 8.70. The van der Waals surface area contributed by atoms with Crippen molar-refractivity contribution in [3.05, 3.63) is 35.4 Å². The molecule has 0 radical (unpaired) electrons. The second kappa shape index (κ2) is 5.32. The Morgan fingerprint density at radius 3 is 2.69 bits per heavy atom. The summed E-state index contributed by atoms with van der Waals surface area (Å²) in [6.45, 7) is 4.18. The number of amides is 1. The Hall–Kier alpha value is -1.82. The van der Waals surface area contributed by atoms with Crippen LogP contribution in [0.15, 0.2) is 24.3 Å². The molecule has 0 bridgehead atoms. The second-order valence-corrected chi connectivity index (χ2v) is 4.03. The number of carbonyl (C=O) groups excluding carboxylic acids is 1. The van der Waals surface area contributed by atoms with Crippen molar-refractivity contribution in [3.8, 4) is 6.07 Å². The predicted molar refractivity (Wildman–Crippen MR) is 62.9 cm³/mol. The van der Waals surface area contributed by atoms with Gasteiger partial charge in [0.1, 0.15) is 0 Å². The summed E-state index contributed by atoms with van der Waals surface area (Å²) in [7, 11) is 1.72. The smallest absolute Gasteiger partial charge is 0.253 e. The molecule has 0 aliphatic carbocycles. The van der Waals surface area contributed by atoms with Crippen LogP contribution in [0, 0.1) is 24.2 Å². The molecule has 0 aliphatic heterocycles. The first-order chi connectivity index (χ1) is 7.56. The summed E-state index contributed by atoms with van der Waals surface area (Å²) in [6.07, 6.45) is 0. The van der Waals surface area contributed by atoms with Crippen molar-refractivity contribution >= 4 is 5.91 Å². The number of benzene rings is 1. The van der Waals surface area contributed by atoms with Crippen LogP contribution in [0.2, 0.25) is 0 Å². The molecule has 3 heteroatoms. The molecular formula is C13H16N2O. The first kappa shape index (κ1) is 12.3. The van der Waals surface area contributed by atoms with Gasteiger partial charge in [0.15, 0.2) is 0 Å². The highest BCUT2D eigenvalue weighted by molar-refractivity contribution is 5.95. The fraction of sp³-hybridized carbons (Fsp3) is 0.385. The van der Waals surface area contributed by atoms with Gasteiger partial charge in [0.05, 0.1) is 12.0 Å². The van der Waals surface area contributed by atoms with E-state index in [1.165, 1.54) is 0 Å². The zero-order valence-electron chi connectivity index (χ0n) is 9.90. The number of nitriles is 1. The fourth-order valence-corrected chi connectivity index (χ4v) is 1.55. The topological polar surface area (TPSA) is 44.1 Å². The Bertz CT molecular complexity index is 420. The van der Waals surface area contributed by atoms with Crippen LogP contribution in [0.25, 0.3) is 0 Å². The molecule has 1 rings (SSSR count). The lowest BCUT2D eigenvalue weighted by Crippen LogP contribution is -2.31. The summed E-state index contributed by atoms with van der Waals surface area (Å²) >= 11 is 0. The highest BCUT2D eigenvalue weighted by Gasteiger charge is 2.15. The SMILES string of the molecule is Cc1ccccc1C(=O)N(C)CC(C)C#N. The van der Waals surface area contributed by atoms with Crippen molar-refractivity contribution in [1.29, 1.82) is 5.26 Å². The van der Waals surface area contributed by atoms with Gasteiger partial charge in [-0.15, -0.1) is 0 Å². The minimum absolute atomic E-state index is 0.0276. The molecule has 1 aromatic carbocycles. The molecule has 84 valence electrons. The van der Waals surface area contributed by atoms with Crippen LogP contribution in [-0.2, 0) is 0 Å². The van der Waals surface area contributed by atoms with Gasteiger partial charge in [0.25, 0.3) is 5.91 Å². The molecule has 0 N–H and O–H groups in total. The van der Waals surface area contributed by atoms with Gasteiger partial charge in [-0.25, -0.2) is 0 Å². The van der Waals surface area contributed by atoms with E-state index in [9.17, 15) is 4.79 Å². The van der Waals surface area contributed by atoms with Crippen LogP contribution in [0.4, 0.5) is 0 Å². The molecule has 0 fully saturated rings. The number of aryl methyl sites for hydroxylation is 1. The van der Waals surface area contributed by atoms with Gasteiger partial charge in [-0.05, 0) is 25.5 Å². The molecule has 1 atom stereocenters. The zero-order chi connectivity index (χ0) is 12.1. The third-order valence-corrected chi connectivity index (χ3v) is 2.49. The minimum atomic E-state index is -0.141. The number of carbonyl (C=O) groups is 1. The van der Waals surface area contributed by atoms with Crippen molar-refractivity contribution in [3.63, 3.8) is 0 Å². The van der Waals surface area contributed by atoms with Crippen LogP contribution in [0.5, 0.6) is 0 Å². The molecule has 0 saturated carbocycles. The van der Waals surface area contributed by atoms with Gasteiger partial charge in [-0.2, -0.15) is 5.26 Å². The Morgan fingerprint density at radius 2 is 2.12 bits per heavy atom. The highest BCUT2D eigenvalue weighted by Crippen LogP contribution is 2.10. The molecule has 0 heterocycles. The Balaban J connectivity index is 2.80. The third kappa shape index (κ3) is 2.83. The molecular weight excluding hydrogens is 200 g/mol. The van der Waals surface area contributed by atoms with Crippen molar-refractivity contribution in [1.82, 2.24) is 4.90 Å². The van der Waals surface area contributed by atoms with E-state index in [1.54, 1.807) is 11.9 Å². The Labute approximate surface area is 96.3 Å². The van der Waals surface area contributed by atoms with Crippen molar-refractivity contribution < 1.29 is 4.79 Å². The van der Waals surface area contributed by atoms with E-state index in [-0.39, 0.29) is 11.8 Å². The van der Waals surface area contributed by atoms with Gasteiger partial charge in [0, 0.05) is 19.2 Å². The molecule has 16 heavy (non-hydrogen) atoms. The van der Waals surface area contributed by atoms with E-state index < -0.39 is 0 Å². The van der Waals surface area contributed by atoms with E-state index in [1.807, 2.05) is 38.1 Å². The maximum Gasteiger partial charge on any atom is 0.253 e. The van der Waals surface area contributed by atoms with E-state index >= 15 is 0 Å². The summed E-state index contributed by atoms with van der Waals surface area (Å²) in [5.74, 6) is -0.168. The van der Waals surface area contributed by atoms with Crippen LogP contribution in [-0.4, -0.2) is 24.4 Å². The highest BCUT2D eigenvalue weighted by atomic mass is 16.2. The molecule has 0 spiro atoms. The minimum Gasteiger partial charge on any atom is -0.340 e.